The molecule has 0 saturated carbocycles. The Kier molecular flexibility index (Phi) is 4.31. The van der Waals surface area contributed by atoms with E-state index in [2.05, 4.69) is 81.1 Å². The van der Waals surface area contributed by atoms with Gasteiger partial charge in [-0.2, -0.15) is 0 Å². The molecular weight excluding hydrogens is 296 g/mol. The molecule has 2 aromatic carbocycles. The predicted octanol–water partition coefficient (Wildman–Crippen LogP) is 3.46. The van der Waals surface area contributed by atoms with Crippen LogP contribution in [0.5, 0.6) is 0 Å². The third-order valence-electron chi connectivity index (χ3n) is 4.65. The van der Waals surface area contributed by atoms with Crippen molar-refractivity contribution in [3.05, 3.63) is 35.4 Å². The number of benzene rings is 2. The van der Waals surface area contributed by atoms with Crippen LogP contribution in [0.1, 0.15) is 25.0 Å². The Morgan fingerprint density at radius 2 is 1.17 bits per heavy atom. The SMILES string of the molecule is CCc1cc(N(C)C)cc2nc3cc(N(C)C)cc(CC)c3[nH+]c12. The number of aromatic nitrogens is 2. The Labute approximate surface area is 144 Å². The normalized spacial score (nSPS) is 11.2. The first-order valence-electron chi connectivity index (χ1n) is 8.61. The number of nitrogens with one attached hydrogen (secondary N) is 1. The van der Waals surface area contributed by atoms with E-state index in [1.807, 2.05) is 0 Å². The largest absolute Gasteiger partial charge is 0.378 e. The number of hydrogen-bond donors (Lipinski definition) is 0. The standard InChI is InChI=1S/C20H26N4/c1-7-13-9-15(23(3)4)11-17-19(13)22-20-14(8-2)10-16(24(5)6)12-18(20)21-17/h9-12H,7-8H2,1-6H3/p+1. The Bertz CT molecular complexity index is 826. The van der Waals surface area contributed by atoms with Crippen molar-refractivity contribution in [3.63, 3.8) is 0 Å². The van der Waals surface area contributed by atoms with Gasteiger partial charge in [0.2, 0.25) is 11.0 Å². The molecule has 4 heteroatoms. The number of aromatic amines is 1. The van der Waals surface area contributed by atoms with Crippen molar-refractivity contribution >= 4 is 33.4 Å². The lowest BCUT2D eigenvalue weighted by atomic mass is 10.1. The van der Waals surface area contributed by atoms with Gasteiger partial charge in [-0.15, -0.1) is 0 Å². The van der Waals surface area contributed by atoms with Gasteiger partial charge < -0.3 is 9.80 Å². The van der Waals surface area contributed by atoms with Gasteiger partial charge in [-0.05, 0) is 37.1 Å². The Morgan fingerprint density at radius 3 is 1.50 bits per heavy atom. The van der Waals surface area contributed by atoms with Crippen molar-refractivity contribution in [2.45, 2.75) is 26.7 Å². The fraction of sp³-hybridized carbons (Fsp3) is 0.400. The molecule has 1 heterocycles. The van der Waals surface area contributed by atoms with E-state index in [4.69, 9.17) is 4.98 Å². The van der Waals surface area contributed by atoms with Crippen molar-refractivity contribution in [3.8, 4) is 0 Å². The Hall–Kier alpha value is -2.36. The van der Waals surface area contributed by atoms with Gasteiger partial charge in [-0.3, -0.25) is 0 Å². The summed E-state index contributed by atoms with van der Waals surface area (Å²) in [5, 5.41) is 0. The topological polar surface area (TPSA) is 33.5 Å². The Balaban J connectivity index is 2.38. The highest BCUT2D eigenvalue weighted by Crippen LogP contribution is 2.27. The molecule has 0 aliphatic rings. The van der Waals surface area contributed by atoms with Gasteiger partial charge in [-0.1, -0.05) is 13.8 Å². The second-order valence-corrected chi connectivity index (χ2v) is 6.73. The van der Waals surface area contributed by atoms with Crippen molar-refractivity contribution in [2.75, 3.05) is 38.0 Å². The molecule has 0 aliphatic carbocycles. The highest BCUT2D eigenvalue weighted by Gasteiger charge is 2.17. The molecule has 0 unspecified atom stereocenters. The van der Waals surface area contributed by atoms with Gasteiger partial charge >= 0.3 is 0 Å². The second kappa shape index (κ2) is 6.27. The van der Waals surface area contributed by atoms with Crippen LogP contribution in [0.2, 0.25) is 0 Å². The molecule has 0 radical (unpaired) electrons. The summed E-state index contributed by atoms with van der Waals surface area (Å²) in [6.07, 6.45) is 1.97. The molecule has 1 aromatic heterocycles. The smallest absolute Gasteiger partial charge is 0.233 e. The highest BCUT2D eigenvalue weighted by molar-refractivity contribution is 5.88. The minimum Gasteiger partial charge on any atom is -0.378 e. The molecular formula is C20H27N4+. The summed E-state index contributed by atoms with van der Waals surface area (Å²) >= 11 is 0. The molecule has 1 N–H and O–H groups in total. The molecule has 0 spiro atoms. The third-order valence-corrected chi connectivity index (χ3v) is 4.65. The minimum absolute atomic E-state index is 0.985. The Morgan fingerprint density at radius 1 is 0.750 bits per heavy atom. The zero-order valence-electron chi connectivity index (χ0n) is 15.6. The van der Waals surface area contributed by atoms with Crippen molar-refractivity contribution in [1.82, 2.24) is 4.98 Å². The lowest BCUT2D eigenvalue weighted by molar-refractivity contribution is -0.311. The third kappa shape index (κ3) is 2.77. The van der Waals surface area contributed by atoms with Gasteiger partial charge in [0.05, 0.1) is 0 Å². The van der Waals surface area contributed by atoms with E-state index in [0.29, 0.717) is 0 Å². The molecule has 0 atom stereocenters. The van der Waals surface area contributed by atoms with Crippen LogP contribution in [0.4, 0.5) is 11.4 Å². The van der Waals surface area contributed by atoms with E-state index in [-0.39, 0.29) is 0 Å². The summed E-state index contributed by atoms with van der Waals surface area (Å²) in [7, 11) is 8.30. The predicted molar refractivity (Wildman–Crippen MR) is 103 cm³/mol. The van der Waals surface area contributed by atoms with Crippen LogP contribution in [-0.4, -0.2) is 33.2 Å². The maximum absolute atomic E-state index is 5.00. The van der Waals surface area contributed by atoms with Gasteiger partial charge in [-0.25, -0.2) is 9.97 Å². The zero-order chi connectivity index (χ0) is 17.4. The summed E-state index contributed by atoms with van der Waals surface area (Å²) in [5.41, 5.74) is 9.38. The average Bonchev–Trinajstić information content (AvgIpc) is 2.57. The number of anilines is 2. The molecule has 3 rings (SSSR count). The van der Waals surface area contributed by atoms with Crippen LogP contribution in [0.3, 0.4) is 0 Å². The minimum atomic E-state index is 0.985. The fourth-order valence-corrected chi connectivity index (χ4v) is 3.13. The molecule has 0 bridgehead atoms. The summed E-state index contributed by atoms with van der Waals surface area (Å²) in [4.78, 5) is 13.0. The summed E-state index contributed by atoms with van der Waals surface area (Å²) in [6, 6.07) is 8.84. The maximum Gasteiger partial charge on any atom is 0.233 e. The van der Waals surface area contributed by atoms with E-state index in [9.17, 15) is 0 Å². The number of aryl methyl sites for hydroxylation is 2. The molecule has 0 aliphatic heterocycles. The van der Waals surface area contributed by atoms with Gasteiger partial charge in [0, 0.05) is 50.7 Å². The highest BCUT2D eigenvalue weighted by atomic mass is 15.1. The summed E-state index contributed by atoms with van der Waals surface area (Å²) < 4.78 is 0. The molecule has 3 aromatic rings. The van der Waals surface area contributed by atoms with Gasteiger partial charge in [0.25, 0.3) is 0 Å². The number of rotatable bonds is 4. The van der Waals surface area contributed by atoms with Crippen LogP contribution >= 0.6 is 0 Å². The monoisotopic (exact) mass is 323 g/mol. The molecule has 0 amide bonds. The van der Waals surface area contributed by atoms with Crippen LogP contribution in [0, 0.1) is 0 Å². The lowest BCUT2D eigenvalue weighted by Crippen LogP contribution is -2.16. The molecule has 4 nitrogen and oxygen atoms in total. The van der Waals surface area contributed by atoms with E-state index >= 15 is 0 Å². The van der Waals surface area contributed by atoms with Gasteiger partial charge in [0.1, 0.15) is 11.0 Å². The molecule has 0 fully saturated rings. The van der Waals surface area contributed by atoms with E-state index < -0.39 is 0 Å². The van der Waals surface area contributed by atoms with Crippen molar-refractivity contribution in [2.24, 2.45) is 0 Å². The van der Waals surface area contributed by atoms with Crippen molar-refractivity contribution in [1.29, 1.82) is 0 Å². The quantitative estimate of drug-likeness (QED) is 0.690. The molecule has 24 heavy (non-hydrogen) atoms. The first kappa shape index (κ1) is 16.5. The van der Waals surface area contributed by atoms with Crippen LogP contribution in [0.25, 0.3) is 22.1 Å². The van der Waals surface area contributed by atoms with E-state index in [1.54, 1.807) is 0 Å². The number of fused-ring (bicyclic) bond motifs is 2. The number of H-pyrrole nitrogens is 1. The van der Waals surface area contributed by atoms with E-state index in [0.717, 1.165) is 34.9 Å². The average molecular weight is 323 g/mol. The van der Waals surface area contributed by atoms with Crippen LogP contribution in [-0.2, 0) is 12.8 Å². The first-order chi connectivity index (χ1) is 11.4. The summed E-state index contributed by atoms with van der Waals surface area (Å²) in [6.45, 7) is 4.39. The number of nitrogens with zero attached hydrogens (tertiary/aromatic N) is 3. The van der Waals surface area contributed by atoms with Gasteiger partial charge in [0.15, 0.2) is 0 Å². The molecule has 0 saturated heterocycles. The van der Waals surface area contributed by atoms with Crippen LogP contribution in [0.15, 0.2) is 24.3 Å². The van der Waals surface area contributed by atoms with Crippen molar-refractivity contribution < 1.29 is 4.98 Å². The number of hydrogen-bond acceptors (Lipinski definition) is 3. The van der Waals surface area contributed by atoms with E-state index in [1.165, 1.54) is 22.5 Å². The lowest BCUT2D eigenvalue weighted by Gasteiger charge is -2.15. The second-order valence-electron chi connectivity index (χ2n) is 6.73. The zero-order valence-corrected chi connectivity index (χ0v) is 15.6. The maximum atomic E-state index is 5.00. The fourth-order valence-electron chi connectivity index (χ4n) is 3.13. The summed E-state index contributed by atoms with van der Waals surface area (Å²) in [5.74, 6) is 0. The van der Waals surface area contributed by atoms with Crippen LogP contribution < -0.4 is 14.8 Å². The molecule has 126 valence electrons. The first-order valence-corrected chi connectivity index (χ1v) is 8.61.